The highest BCUT2D eigenvalue weighted by molar-refractivity contribution is 6.18. The van der Waals surface area contributed by atoms with Crippen molar-refractivity contribution in [2.45, 2.75) is 90.1 Å². The fraction of sp³-hybridized carbons (Fsp3) is 0.512. The zero-order valence-corrected chi connectivity index (χ0v) is 31.9. The van der Waals surface area contributed by atoms with Crippen molar-refractivity contribution in [2.75, 3.05) is 36.4 Å². The molecule has 278 valence electrons. The highest BCUT2D eigenvalue weighted by Crippen LogP contribution is 2.61. The summed E-state index contributed by atoms with van der Waals surface area (Å²) < 4.78 is 17.3. The van der Waals surface area contributed by atoms with Crippen LogP contribution >= 0.6 is 23.2 Å². The van der Waals surface area contributed by atoms with Crippen LogP contribution in [0.3, 0.4) is 0 Å². The normalized spacial score (nSPS) is 23.2. The molecule has 3 aromatic rings. The van der Waals surface area contributed by atoms with E-state index in [1.165, 1.54) is 11.1 Å². The van der Waals surface area contributed by atoms with Gasteiger partial charge in [0.1, 0.15) is 11.9 Å². The fourth-order valence-corrected chi connectivity index (χ4v) is 9.59. The van der Waals surface area contributed by atoms with Crippen molar-refractivity contribution in [3.8, 4) is 5.75 Å². The molecule has 0 radical (unpaired) electrons. The van der Waals surface area contributed by atoms with E-state index in [4.69, 9.17) is 37.4 Å². The molecule has 52 heavy (non-hydrogen) atoms. The Kier molecular flexibility index (Phi) is 12.9. The second-order valence-corrected chi connectivity index (χ2v) is 15.6. The smallest absolute Gasteiger partial charge is 0.344 e. The van der Waals surface area contributed by atoms with Crippen LogP contribution in [0, 0.1) is 17.3 Å². The predicted molar refractivity (Wildman–Crippen MR) is 206 cm³/mol. The van der Waals surface area contributed by atoms with Crippen molar-refractivity contribution in [3.63, 3.8) is 0 Å². The number of hydrogen-bond acceptors (Lipinski definition) is 7. The lowest BCUT2D eigenvalue weighted by atomic mass is 9.55. The summed E-state index contributed by atoms with van der Waals surface area (Å²) in [5.41, 5.74) is 6.40. The first-order chi connectivity index (χ1) is 25.2. The van der Waals surface area contributed by atoms with Gasteiger partial charge in [0.15, 0.2) is 6.61 Å². The summed E-state index contributed by atoms with van der Waals surface area (Å²) in [6.07, 6.45) is 8.09. The number of fused-ring (bicyclic) bond motifs is 5. The van der Waals surface area contributed by atoms with E-state index in [9.17, 15) is 14.4 Å². The van der Waals surface area contributed by atoms with Gasteiger partial charge in [-0.25, -0.2) is 9.59 Å². The van der Waals surface area contributed by atoms with E-state index in [-0.39, 0.29) is 36.5 Å². The number of ether oxygens (including phenoxy) is 3. The second kappa shape index (κ2) is 17.5. The van der Waals surface area contributed by atoms with Crippen LogP contribution in [-0.4, -0.2) is 55.5 Å². The molecule has 3 aliphatic rings. The highest BCUT2D eigenvalue weighted by Gasteiger charge is 2.56. The third kappa shape index (κ3) is 8.63. The van der Waals surface area contributed by atoms with Gasteiger partial charge < -0.3 is 19.1 Å². The maximum Gasteiger partial charge on any atom is 0.344 e. The van der Waals surface area contributed by atoms with Gasteiger partial charge in [-0.15, -0.1) is 23.2 Å². The monoisotopic (exact) mass is 747 g/mol. The molecule has 0 saturated heterocycles. The van der Waals surface area contributed by atoms with E-state index < -0.39 is 5.97 Å². The van der Waals surface area contributed by atoms with E-state index in [1.54, 1.807) is 12.1 Å². The van der Waals surface area contributed by atoms with Crippen molar-refractivity contribution in [1.82, 2.24) is 0 Å². The number of halogens is 2. The van der Waals surface area contributed by atoms with Crippen LogP contribution in [0.5, 0.6) is 5.75 Å². The number of benzene rings is 3. The summed E-state index contributed by atoms with van der Waals surface area (Å²) in [4.78, 5) is 40.5. The van der Waals surface area contributed by atoms with Gasteiger partial charge in [0.2, 0.25) is 0 Å². The first-order valence-corrected chi connectivity index (χ1v) is 20.0. The van der Waals surface area contributed by atoms with Crippen LogP contribution in [0.2, 0.25) is 0 Å². The maximum atomic E-state index is 13.0. The Bertz CT molecular complexity index is 1690. The Morgan fingerprint density at radius 3 is 2.37 bits per heavy atom. The molecule has 7 nitrogen and oxygen atoms in total. The molecule has 6 rings (SSSR count). The lowest BCUT2D eigenvalue weighted by Gasteiger charge is -2.50. The zero-order chi connectivity index (χ0) is 36.7. The zero-order valence-electron chi connectivity index (χ0n) is 30.4. The molecule has 3 aliphatic carbocycles. The van der Waals surface area contributed by atoms with Gasteiger partial charge in [0.25, 0.3) is 0 Å². The third-order valence-electron chi connectivity index (χ3n) is 11.9. The van der Waals surface area contributed by atoms with Crippen molar-refractivity contribution in [3.05, 3.63) is 94.5 Å². The van der Waals surface area contributed by atoms with E-state index in [0.717, 1.165) is 81.3 Å². The van der Waals surface area contributed by atoms with Crippen LogP contribution in [-0.2, 0) is 38.3 Å². The largest absolute Gasteiger partial charge is 0.459 e. The molecule has 2 fully saturated rings. The van der Waals surface area contributed by atoms with E-state index >= 15 is 0 Å². The summed E-state index contributed by atoms with van der Waals surface area (Å²) in [6.45, 7) is 5.52. The van der Waals surface area contributed by atoms with Gasteiger partial charge in [-0.2, -0.15) is 0 Å². The molecule has 0 bridgehead atoms. The molecule has 0 N–H and O–H groups in total. The number of carbonyl (C=O) groups is 3. The molecule has 0 heterocycles. The summed E-state index contributed by atoms with van der Waals surface area (Å²) >= 11 is 11.9. The van der Waals surface area contributed by atoms with Crippen LogP contribution in [0.15, 0.2) is 66.7 Å². The molecular formula is C43H51Cl2NO6. The maximum absolute atomic E-state index is 13.0. The number of esters is 3. The summed E-state index contributed by atoms with van der Waals surface area (Å²) in [5, 5.41) is 0. The SMILES string of the molecule is CCc1cc2c(cc1OC(=O)c1ccccc1)CC[C@@H]1[C@@H]2CC[C@]2(C)[C@@H](OC(=O)COC(=O)CCCc3ccc(N(CCCl)CCCl)cc3)CC[C@@H]12. The van der Waals surface area contributed by atoms with E-state index in [0.29, 0.717) is 47.2 Å². The molecule has 0 aromatic heterocycles. The van der Waals surface area contributed by atoms with Gasteiger partial charge in [-0.3, -0.25) is 4.79 Å². The number of aryl methyl sites for hydroxylation is 3. The fourth-order valence-electron chi connectivity index (χ4n) is 9.18. The third-order valence-corrected chi connectivity index (χ3v) is 12.2. The first kappa shape index (κ1) is 38.2. The molecule has 0 amide bonds. The van der Waals surface area contributed by atoms with Crippen molar-refractivity contribution in [1.29, 1.82) is 0 Å². The Morgan fingerprint density at radius 2 is 1.65 bits per heavy atom. The second-order valence-electron chi connectivity index (χ2n) is 14.8. The number of alkyl halides is 2. The average molecular weight is 749 g/mol. The Balaban J connectivity index is 0.982. The van der Waals surface area contributed by atoms with Gasteiger partial charge in [0.05, 0.1) is 5.56 Å². The lowest BCUT2D eigenvalue weighted by Crippen LogP contribution is -2.45. The summed E-state index contributed by atoms with van der Waals surface area (Å²) in [7, 11) is 0. The minimum atomic E-state index is -0.462. The molecule has 0 unspecified atom stereocenters. The number of hydrogen-bond donors (Lipinski definition) is 0. The van der Waals surface area contributed by atoms with Crippen molar-refractivity contribution in [2.24, 2.45) is 17.3 Å². The lowest BCUT2D eigenvalue weighted by molar-refractivity contribution is -0.168. The summed E-state index contributed by atoms with van der Waals surface area (Å²) in [5.74, 6) is 1.98. The van der Waals surface area contributed by atoms with Crippen molar-refractivity contribution >= 4 is 46.8 Å². The van der Waals surface area contributed by atoms with Gasteiger partial charge in [-0.05, 0) is 128 Å². The molecule has 2 saturated carbocycles. The van der Waals surface area contributed by atoms with Gasteiger partial charge >= 0.3 is 17.9 Å². The number of nitrogens with zero attached hydrogens (tertiary/aromatic N) is 1. The van der Waals surface area contributed by atoms with Gasteiger partial charge in [-0.1, -0.05) is 50.2 Å². The molecule has 0 aliphatic heterocycles. The molecular weight excluding hydrogens is 697 g/mol. The standard InChI is InChI=1S/C43H51Cl2NO6/c1-3-30-26-36-32(27-38(30)51-42(49)31-9-5-4-6-10-31)14-17-35-34(36)20-21-43(2)37(35)18-19-39(43)52-41(48)28-50-40(47)11-7-8-29-12-15-33(16-13-29)46(24-22-44)25-23-45/h4-6,9-10,12-13,15-16,26-27,34-35,37,39H,3,7-8,11,14,17-25,28H2,1-2H3/t34-,35+,37-,39-,43-/m0/s1. The highest BCUT2D eigenvalue weighted by atomic mass is 35.5. The van der Waals surface area contributed by atoms with E-state index in [2.05, 4.69) is 55.1 Å². The van der Waals surface area contributed by atoms with E-state index in [1.807, 2.05) is 18.2 Å². The quantitative estimate of drug-likeness (QED) is 0.0872. The Hall–Kier alpha value is -3.55. The minimum absolute atomic E-state index is 0.0996. The topological polar surface area (TPSA) is 82.1 Å². The summed E-state index contributed by atoms with van der Waals surface area (Å²) in [6, 6.07) is 21.8. The minimum Gasteiger partial charge on any atom is -0.459 e. The molecule has 0 spiro atoms. The number of carbonyl (C=O) groups excluding carboxylic acids is 3. The predicted octanol–water partition coefficient (Wildman–Crippen LogP) is 9.09. The number of anilines is 1. The Morgan fingerprint density at radius 1 is 0.904 bits per heavy atom. The molecule has 9 heteroatoms. The van der Waals surface area contributed by atoms with Crippen LogP contribution in [0.1, 0.15) is 97.3 Å². The van der Waals surface area contributed by atoms with Crippen LogP contribution in [0.25, 0.3) is 0 Å². The van der Waals surface area contributed by atoms with Gasteiger partial charge in [0, 0.05) is 42.4 Å². The van der Waals surface area contributed by atoms with Crippen molar-refractivity contribution < 1.29 is 28.6 Å². The molecule has 5 atom stereocenters. The van der Waals surface area contributed by atoms with Crippen LogP contribution < -0.4 is 9.64 Å². The average Bonchev–Trinajstić information content (AvgIpc) is 3.49. The first-order valence-electron chi connectivity index (χ1n) is 19.0. The Labute approximate surface area is 318 Å². The molecule has 3 aromatic carbocycles. The van der Waals surface area contributed by atoms with Crippen LogP contribution in [0.4, 0.5) is 5.69 Å². The number of rotatable bonds is 15.